The van der Waals surface area contributed by atoms with Crippen LogP contribution in [0.1, 0.15) is 40.5 Å². The Labute approximate surface area is 153 Å². The molecule has 1 aromatic heterocycles. The van der Waals surface area contributed by atoms with Crippen molar-refractivity contribution in [2.75, 3.05) is 11.9 Å². The smallest absolute Gasteiger partial charge is 0.279 e. The first-order valence-electron chi connectivity index (χ1n) is 8.77. The summed E-state index contributed by atoms with van der Waals surface area (Å²) in [5.74, 6) is -0.0557. The molecule has 0 saturated carbocycles. The van der Waals surface area contributed by atoms with Crippen LogP contribution in [0.25, 0.3) is 11.0 Å². The number of ether oxygens (including phenoxy) is 1. The molecule has 3 rings (SSSR count). The number of benzene rings is 2. The average Bonchev–Trinajstić information content (AvgIpc) is 2.62. The Morgan fingerprint density at radius 3 is 2.23 bits per heavy atom. The van der Waals surface area contributed by atoms with Crippen molar-refractivity contribution < 1.29 is 9.53 Å². The van der Waals surface area contributed by atoms with Crippen LogP contribution in [0.15, 0.2) is 36.4 Å². The zero-order valence-electron chi connectivity index (χ0n) is 15.6. The first kappa shape index (κ1) is 17.9. The normalized spacial score (nSPS) is 10.8. The van der Waals surface area contributed by atoms with Gasteiger partial charge < -0.3 is 10.1 Å². The maximum absolute atomic E-state index is 12.8. The highest BCUT2D eigenvalue weighted by Gasteiger charge is 2.18. The molecule has 1 heterocycles. The third-order valence-corrected chi connectivity index (χ3v) is 4.22. The minimum Gasteiger partial charge on any atom is -0.476 e. The predicted molar refractivity (Wildman–Crippen MR) is 104 cm³/mol. The van der Waals surface area contributed by atoms with Crippen molar-refractivity contribution in [3.8, 4) is 5.88 Å². The number of amides is 1. The van der Waals surface area contributed by atoms with Crippen LogP contribution in [-0.2, 0) is 0 Å². The van der Waals surface area contributed by atoms with Crippen LogP contribution < -0.4 is 10.1 Å². The lowest BCUT2D eigenvalue weighted by atomic mass is 10.1. The quantitative estimate of drug-likeness (QED) is 0.731. The van der Waals surface area contributed by atoms with E-state index in [1.54, 1.807) is 0 Å². The number of hydrogen-bond donors (Lipinski definition) is 1. The Kier molecular flexibility index (Phi) is 5.16. The van der Waals surface area contributed by atoms with E-state index in [0.29, 0.717) is 17.8 Å². The second-order valence-corrected chi connectivity index (χ2v) is 6.47. The van der Waals surface area contributed by atoms with E-state index in [4.69, 9.17) is 4.74 Å². The van der Waals surface area contributed by atoms with Crippen LogP contribution in [0.2, 0.25) is 0 Å². The van der Waals surface area contributed by atoms with Crippen LogP contribution in [0.3, 0.4) is 0 Å². The molecule has 0 radical (unpaired) electrons. The molecule has 134 valence electrons. The van der Waals surface area contributed by atoms with Gasteiger partial charge in [0.25, 0.3) is 5.91 Å². The molecule has 1 amide bonds. The van der Waals surface area contributed by atoms with Crippen molar-refractivity contribution in [3.05, 3.63) is 58.8 Å². The fourth-order valence-electron chi connectivity index (χ4n) is 2.57. The summed E-state index contributed by atoms with van der Waals surface area (Å²) in [5, 5.41) is 2.87. The monoisotopic (exact) mass is 349 g/mol. The lowest BCUT2D eigenvalue weighted by Gasteiger charge is -2.12. The number of carbonyl (C=O) groups is 1. The van der Waals surface area contributed by atoms with Crippen molar-refractivity contribution in [2.24, 2.45) is 0 Å². The highest BCUT2D eigenvalue weighted by Crippen LogP contribution is 2.23. The van der Waals surface area contributed by atoms with Gasteiger partial charge in [-0.2, -0.15) is 0 Å². The number of hydrogen-bond acceptors (Lipinski definition) is 4. The molecule has 0 unspecified atom stereocenters. The van der Waals surface area contributed by atoms with Gasteiger partial charge in [-0.3, -0.25) is 4.79 Å². The molecule has 26 heavy (non-hydrogen) atoms. The van der Waals surface area contributed by atoms with Gasteiger partial charge in [0, 0.05) is 5.69 Å². The van der Waals surface area contributed by atoms with E-state index in [-0.39, 0.29) is 17.5 Å². The van der Waals surface area contributed by atoms with Gasteiger partial charge in [0.1, 0.15) is 0 Å². The van der Waals surface area contributed by atoms with Crippen molar-refractivity contribution in [1.82, 2.24) is 9.97 Å². The van der Waals surface area contributed by atoms with Crippen molar-refractivity contribution in [2.45, 2.75) is 34.1 Å². The molecular weight excluding hydrogens is 326 g/mol. The number of nitrogens with one attached hydrogen (secondary N) is 1. The summed E-state index contributed by atoms with van der Waals surface area (Å²) in [6.07, 6.45) is 0.825. The second kappa shape index (κ2) is 7.52. The largest absolute Gasteiger partial charge is 0.476 e. The molecule has 0 atom stereocenters. The summed E-state index contributed by atoms with van der Waals surface area (Å²) in [7, 11) is 0. The second-order valence-electron chi connectivity index (χ2n) is 6.47. The van der Waals surface area contributed by atoms with E-state index in [1.807, 2.05) is 64.1 Å². The Balaban J connectivity index is 2.01. The zero-order chi connectivity index (χ0) is 18.7. The summed E-state index contributed by atoms with van der Waals surface area (Å²) in [6.45, 7) is 8.54. The van der Waals surface area contributed by atoms with Gasteiger partial charge in [-0.15, -0.1) is 0 Å². The molecule has 0 aliphatic carbocycles. The third-order valence-electron chi connectivity index (χ3n) is 4.22. The van der Waals surface area contributed by atoms with E-state index in [0.717, 1.165) is 28.6 Å². The number of carbonyl (C=O) groups excluding carboxylic acids is 1. The number of rotatable bonds is 5. The first-order chi connectivity index (χ1) is 12.5. The average molecular weight is 349 g/mol. The maximum Gasteiger partial charge on any atom is 0.279 e. The van der Waals surface area contributed by atoms with Gasteiger partial charge in [0.2, 0.25) is 5.88 Å². The SMILES string of the molecule is CCCOc1nc2cc(C)c(C)cc2nc1C(=O)Nc1ccc(C)cc1. The third kappa shape index (κ3) is 3.82. The summed E-state index contributed by atoms with van der Waals surface area (Å²) < 4.78 is 5.71. The molecule has 5 heteroatoms. The van der Waals surface area contributed by atoms with Crippen molar-refractivity contribution >= 4 is 22.6 Å². The zero-order valence-corrected chi connectivity index (χ0v) is 15.6. The van der Waals surface area contributed by atoms with Gasteiger partial charge in [-0.25, -0.2) is 9.97 Å². The Hall–Kier alpha value is -2.95. The summed E-state index contributed by atoms with van der Waals surface area (Å²) in [5.41, 5.74) is 5.70. The molecule has 0 aliphatic heterocycles. The number of aromatic nitrogens is 2. The van der Waals surface area contributed by atoms with Gasteiger partial charge in [0.15, 0.2) is 5.69 Å². The van der Waals surface area contributed by atoms with E-state index in [2.05, 4.69) is 15.3 Å². The number of anilines is 1. The fraction of sp³-hybridized carbons (Fsp3) is 0.286. The lowest BCUT2D eigenvalue weighted by molar-refractivity contribution is 0.101. The number of aryl methyl sites for hydroxylation is 3. The molecule has 0 bridgehead atoms. The van der Waals surface area contributed by atoms with Crippen LogP contribution in [0.4, 0.5) is 5.69 Å². The van der Waals surface area contributed by atoms with E-state index in [1.165, 1.54) is 0 Å². The van der Waals surface area contributed by atoms with Crippen LogP contribution >= 0.6 is 0 Å². The summed E-state index contributed by atoms with van der Waals surface area (Å²) in [6, 6.07) is 11.5. The van der Waals surface area contributed by atoms with Crippen LogP contribution in [0.5, 0.6) is 5.88 Å². The molecule has 2 aromatic carbocycles. The molecule has 3 aromatic rings. The standard InChI is InChI=1S/C21H23N3O2/c1-5-10-26-21-19(20(25)22-16-8-6-13(2)7-9-16)23-17-11-14(3)15(4)12-18(17)24-21/h6-9,11-12H,5,10H2,1-4H3,(H,22,25). The highest BCUT2D eigenvalue weighted by atomic mass is 16.5. The maximum atomic E-state index is 12.8. The van der Waals surface area contributed by atoms with E-state index in [9.17, 15) is 4.79 Å². The van der Waals surface area contributed by atoms with Crippen LogP contribution in [-0.4, -0.2) is 22.5 Å². The molecular formula is C21H23N3O2. The number of nitrogens with zero attached hydrogens (tertiary/aromatic N) is 2. The predicted octanol–water partition coefficient (Wildman–Crippen LogP) is 4.60. The molecule has 0 spiro atoms. The number of fused-ring (bicyclic) bond motifs is 1. The minimum absolute atomic E-state index is 0.203. The molecule has 0 saturated heterocycles. The topological polar surface area (TPSA) is 64.1 Å². The molecule has 5 nitrogen and oxygen atoms in total. The molecule has 1 N–H and O–H groups in total. The Bertz CT molecular complexity index is 950. The minimum atomic E-state index is -0.326. The van der Waals surface area contributed by atoms with E-state index < -0.39 is 0 Å². The van der Waals surface area contributed by atoms with Gasteiger partial charge in [-0.05, 0) is 62.6 Å². The molecule has 0 aliphatic rings. The highest BCUT2D eigenvalue weighted by molar-refractivity contribution is 6.05. The van der Waals surface area contributed by atoms with Crippen LogP contribution in [0, 0.1) is 20.8 Å². The van der Waals surface area contributed by atoms with Gasteiger partial charge in [0.05, 0.1) is 17.6 Å². The van der Waals surface area contributed by atoms with Crippen molar-refractivity contribution in [3.63, 3.8) is 0 Å². The van der Waals surface area contributed by atoms with Crippen molar-refractivity contribution in [1.29, 1.82) is 0 Å². The lowest BCUT2D eigenvalue weighted by Crippen LogP contribution is -2.17. The van der Waals surface area contributed by atoms with Gasteiger partial charge in [-0.1, -0.05) is 24.6 Å². The van der Waals surface area contributed by atoms with E-state index >= 15 is 0 Å². The summed E-state index contributed by atoms with van der Waals surface area (Å²) >= 11 is 0. The summed E-state index contributed by atoms with van der Waals surface area (Å²) in [4.78, 5) is 21.9. The Morgan fingerprint density at radius 2 is 1.62 bits per heavy atom. The first-order valence-corrected chi connectivity index (χ1v) is 8.77. The Morgan fingerprint density at radius 1 is 1.00 bits per heavy atom. The van der Waals surface area contributed by atoms with Gasteiger partial charge >= 0.3 is 0 Å². The fourth-order valence-corrected chi connectivity index (χ4v) is 2.57. The molecule has 0 fully saturated rings.